The lowest BCUT2D eigenvalue weighted by Crippen LogP contribution is -1.91. The molecule has 29 heavy (non-hydrogen) atoms. The quantitative estimate of drug-likeness (QED) is 0.362. The van der Waals surface area contributed by atoms with Crippen LogP contribution >= 0.6 is 0 Å². The van der Waals surface area contributed by atoms with Gasteiger partial charge in [0.2, 0.25) is 0 Å². The van der Waals surface area contributed by atoms with Crippen LogP contribution in [0.5, 0.6) is 11.5 Å². The first-order chi connectivity index (χ1) is 14.0. The average molecular weight is 380 g/mol. The Balaban J connectivity index is 1.53. The fraction of sp³-hybridized carbons (Fsp3) is 0.0769. The highest BCUT2D eigenvalue weighted by atomic mass is 16.5. The lowest BCUT2D eigenvalue weighted by molar-refractivity contribution is 0.100. The first-order valence-electron chi connectivity index (χ1n) is 9.44. The largest absolute Gasteiger partial charge is 0.457 e. The van der Waals surface area contributed by atoms with Crippen molar-refractivity contribution in [3.63, 3.8) is 0 Å². The fourth-order valence-electron chi connectivity index (χ4n) is 3.26. The van der Waals surface area contributed by atoms with Gasteiger partial charge in [0.1, 0.15) is 11.5 Å². The molecule has 0 aliphatic carbocycles. The second-order valence-electron chi connectivity index (χ2n) is 7.04. The second-order valence-corrected chi connectivity index (χ2v) is 7.04. The van der Waals surface area contributed by atoms with Crippen LogP contribution < -0.4 is 4.74 Å². The molecule has 4 aromatic rings. The molecular weight excluding hydrogens is 360 g/mol. The molecule has 0 N–H and O–H groups in total. The zero-order valence-corrected chi connectivity index (χ0v) is 16.3. The van der Waals surface area contributed by atoms with E-state index in [1.54, 1.807) is 13.8 Å². The average Bonchev–Trinajstić information content (AvgIpc) is 2.74. The van der Waals surface area contributed by atoms with Crippen LogP contribution in [-0.4, -0.2) is 11.6 Å². The number of hydrogen-bond acceptors (Lipinski definition) is 3. The number of Topliss-reactive ketones (excluding diaryl/α,β-unsaturated/α-hetero) is 2. The van der Waals surface area contributed by atoms with Gasteiger partial charge in [0.25, 0.3) is 0 Å². The van der Waals surface area contributed by atoms with E-state index >= 15 is 0 Å². The van der Waals surface area contributed by atoms with Crippen LogP contribution in [0.2, 0.25) is 0 Å². The van der Waals surface area contributed by atoms with Crippen molar-refractivity contribution in [2.75, 3.05) is 0 Å². The van der Waals surface area contributed by atoms with Gasteiger partial charge >= 0.3 is 0 Å². The molecular formula is C26H20O3. The molecule has 0 radical (unpaired) electrons. The molecule has 0 spiro atoms. The van der Waals surface area contributed by atoms with Gasteiger partial charge in [0, 0.05) is 11.1 Å². The summed E-state index contributed by atoms with van der Waals surface area (Å²) in [6.07, 6.45) is 0. The highest BCUT2D eigenvalue weighted by Gasteiger charge is 2.05. The second kappa shape index (κ2) is 7.72. The number of hydrogen-bond donors (Lipinski definition) is 0. The van der Waals surface area contributed by atoms with E-state index in [9.17, 15) is 9.59 Å². The Hall–Kier alpha value is -3.72. The van der Waals surface area contributed by atoms with Crippen molar-refractivity contribution < 1.29 is 14.3 Å². The monoisotopic (exact) mass is 380 g/mol. The van der Waals surface area contributed by atoms with E-state index in [2.05, 4.69) is 0 Å². The van der Waals surface area contributed by atoms with E-state index in [-0.39, 0.29) is 11.6 Å². The summed E-state index contributed by atoms with van der Waals surface area (Å²) in [6.45, 7) is 3.14. The summed E-state index contributed by atoms with van der Waals surface area (Å²) in [6, 6.07) is 26.9. The SMILES string of the molecule is CC(=O)c1ccc(-c2ccc(Oc3ccc4cc(C(C)=O)ccc4c3)cc2)cc1. The zero-order valence-electron chi connectivity index (χ0n) is 16.3. The van der Waals surface area contributed by atoms with E-state index < -0.39 is 0 Å². The zero-order chi connectivity index (χ0) is 20.4. The minimum absolute atomic E-state index is 0.0586. The summed E-state index contributed by atoms with van der Waals surface area (Å²) >= 11 is 0. The maximum atomic E-state index is 11.5. The lowest BCUT2D eigenvalue weighted by Gasteiger charge is -2.09. The van der Waals surface area contributed by atoms with Crippen molar-refractivity contribution in [2.45, 2.75) is 13.8 Å². The van der Waals surface area contributed by atoms with Crippen molar-refractivity contribution >= 4 is 22.3 Å². The van der Waals surface area contributed by atoms with Gasteiger partial charge in [0.15, 0.2) is 11.6 Å². The van der Waals surface area contributed by atoms with Crippen molar-refractivity contribution in [2.24, 2.45) is 0 Å². The molecule has 3 nitrogen and oxygen atoms in total. The van der Waals surface area contributed by atoms with Gasteiger partial charge in [-0.3, -0.25) is 9.59 Å². The number of benzene rings is 4. The molecule has 4 aromatic carbocycles. The summed E-state index contributed by atoms with van der Waals surface area (Å²) in [5.41, 5.74) is 3.52. The maximum Gasteiger partial charge on any atom is 0.159 e. The number of ketones is 2. The van der Waals surface area contributed by atoms with Crippen LogP contribution in [0, 0.1) is 0 Å². The van der Waals surface area contributed by atoms with Crippen LogP contribution in [-0.2, 0) is 0 Å². The third-order valence-electron chi connectivity index (χ3n) is 4.93. The topological polar surface area (TPSA) is 43.4 Å². The lowest BCUT2D eigenvalue weighted by atomic mass is 10.0. The first kappa shape index (κ1) is 18.6. The van der Waals surface area contributed by atoms with Crippen LogP contribution in [0.4, 0.5) is 0 Å². The molecule has 0 aromatic heterocycles. The Morgan fingerprint density at radius 1 is 0.552 bits per heavy atom. The minimum atomic E-state index is 0.0586. The van der Waals surface area contributed by atoms with E-state index in [0.29, 0.717) is 11.1 Å². The number of carbonyl (C=O) groups is 2. The highest BCUT2D eigenvalue weighted by Crippen LogP contribution is 2.28. The molecule has 0 unspecified atom stereocenters. The van der Waals surface area contributed by atoms with Crippen LogP contribution in [0.1, 0.15) is 34.6 Å². The Labute approximate surface area is 169 Å². The highest BCUT2D eigenvalue weighted by molar-refractivity contribution is 5.98. The van der Waals surface area contributed by atoms with E-state index in [4.69, 9.17) is 4.74 Å². The summed E-state index contributed by atoms with van der Waals surface area (Å²) < 4.78 is 5.99. The minimum Gasteiger partial charge on any atom is -0.457 e. The van der Waals surface area contributed by atoms with Crippen molar-refractivity contribution in [1.82, 2.24) is 0 Å². The smallest absolute Gasteiger partial charge is 0.159 e. The van der Waals surface area contributed by atoms with Gasteiger partial charge < -0.3 is 4.74 Å². The van der Waals surface area contributed by atoms with E-state index in [0.717, 1.165) is 33.4 Å². The number of carbonyl (C=O) groups excluding carboxylic acids is 2. The molecule has 3 heteroatoms. The van der Waals surface area contributed by atoms with Crippen LogP contribution in [0.25, 0.3) is 21.9 Å². The molecule has 4 rings (SSSR count). The predicted octanol–water partition coefficient (Wildman–Crippen LogP) is 6.70. The molecule has 0 saturated heterocycles. The Morgan fingerprint density at radius 2 is 1.03 bits per heavy atom. The van der Waals surface area contributed by atoms with Gasteiger partial charge in [0.05, 0.1) is 0 Å². The number of ether oxygens (including phenoxy) is 1. The van der Waals surface area contributed by atoms with Crippen molar-refractivity contribution in [1.29, 1.82) is 0 Å². The van der Waals surface area contributed by atoms with E-state index in [1.165, 1.54) is 0 Å². The Kier molecular flexibility index (Phi) is 4.96. The van der Waals surface area contributed by atoms with Crippen LogP contribution in [0.15, 0.2) is 84.9 Å². The third-order valence-corrected chi connectivity index (χ3v) is 4.93. The van der Waals surface area contributed by atoms with Crippen molar-refractivity contribution in [3.8, 4) is 22.6 Å². The molecule has 0 saturated carbocycles. The van der Waals surface area contributed by atoms with Gasteiger partial charge in [-0.05, 0) is 66.1 Å². The summed E-state index contributed by atoms with van der Waals surface area (Å²) in [5, 5.41) is 2.03. The molecule has 0 aliphatic rings. The first-order valence-corrected chi connectivity index (χ1v) is 9.44. The molecule has 0 amide bonds. The third kappa shape index (κ3) is 4.09. The van der Waals surface area contributed by atoms with Gasteiger partial charge in [-0.2, -0.15) is 0 Å². The Morgan fingerprint density at radius 3 is 1.66 bits per heavy atom. The number of rotatable bonds is 5. The summed E-state index contributed by atoms with van der Waals surface area (Å²) in [5.74, 6) is 1.61. The van der Waals surface area contributed by atoms with Crippen LogP contribution in [0.3, 0.4) is 0 Å². The van der Waals surface area contributed by atoms with E-state index in [1.807, 2.05) is 84.9 Å². The fourth-order valence-corrected chi connectivity index (χ4v) is 3.26. The summed E-state index contributed by atoms with van der Waals surface area (Å²) in [4.78, 5) is 22.9. The molecule has 0 atom stereocenters. The van der Waals surface area contributed by atoms with Gasteiger partial charge in [-0.15, -0.1) is 0 Å². The molecule has 0 fully saturated rings. The maximum absolute atomic E-state index is 11.5. The van der Waals surface area contributed by atoms with Gasteiger partial charge in [-0.25, -0.2) is 0 Å². The molecule has 0 heterocycles. The van der Waals surface area contributed by atoms with Gasteiger partial charge in [-0.1, -0.05) is 54.6 Å². The Bertz CT molecular complexity index is 1200. The van der Waals surface area contributed by atoms with Crippen molar-refractivity contribution in [3.05, 3.63) is 96.1 Å². The summed E-state index contributed by atoms with van der Waals surface area (Å²) in [7, 11) is 0. The number of fused-ring (bicyclic) bond motifs is 1. The normalized spacial score (nSPS) is 10.7. The molecule has 0 aliphatic heterocycles. The molecule has 0 bridgehead atoms. The molecule has 142 valence electrons. The standard InChI is InChI=1S/C26H20O3/c1-17(27)19-3-5-20(6-4-19)21-9-12-25(13-10-21)29-26-14-11-23-15-22(18(2)28)7-8-24(23)16-26/h3-16H,1-2H3. The predicted molar refractivity (Wildman–Crippen MR) is 116 cm³/mol.